The largest absolute Gasteiger partial charge is 0.294 e. The second-order valence-corrected chi connectivity index (χ2v) is 6.71. The highest BCUT2D eigenvalue weighted by atomic mass is 32.1. The molecular formula is C16H24OS. The summed E-state index contributed by atoms with van der Waals surface area (Å²) in [5, 5.41) is 0. The first-order chi connectivity index (χ1) is 8.56. The lowest BCUT2D eigenvalue weighted by molar-refractivity contribution is 0.101. The summed E-state index contributed by atoms with van der Waals surface area (Å²) in [4.78, 5) is 14.3. The van der Waals surface area contributed by atoms with Crippen molar-refractivity contribution in [2.24, 2.45) is 5.41 Å². The van der Waals surface area contributed by atoms with Gasteiger partial charge in [0.25, 0.3) is 0 Å². The number of Topliss-reactive ketones (excluding diaryl/α,β-unsaturated/α-hetero) is 1. The molecule has 0 fully saturated rings. The van der Waals surface area contributed by atoms with E-state index in [1.54, 1.807) is 18.3 Å². The summed E-state index contributed by atoms with van der Waals surface area (Å²) < 4.78 is 0. The smallest absolute Gasteiger partial charge is 0.170 e. The Morgan fingerprint density at radius 2 is 1.89 bits per heavy atom. The molecule has 0 unspecified atom stereocenters. The van der Waals surface area contributed by atoms with E-state index >= 15 is 0 Å². The SMILES string of the molecule is CCc1sc(C(C)=O)c2c1CC(CC)(CC)CC2. The van der Waals surface area contributed by atoms with E-state index in [2.05, 4.69) is 20.8 Å². The lowest BCUT2D eigenvalue weighted by Gasteiger charge is -2.36. The predicted molar refractivity (Wildman–Crippen MR) is 78.7 cm³/mol. The van der Waals surface area contributed by atoms with Crippen molar-refractivity contribution in [2.45, 2.75) is 66.2 Å². The Bertz CT molecular complexity index is 452. The number of ketones is 1. The van der Waals surface area contributed by atoms with Crippen LogP contribution in [-0.2, 0) is 19.3 Å². The van der Waals surface area contributed by atoms with E-state index in [1.165, 1.54) is 41.7 Å². The van der Waals surface area contributed by atoms with Gasteiger partial charge in [-0.05, 0) is 49.1 Å². The van der Waals surface area contributed by atoms with Crippen LogP contribution in [0.3, 0.4) is 0 Å². The molecule has 0 spiro atoms. The van der Waals surface area contributed by atoms with E-state index in [0.29, 0.717) is 5.41 Å². The van der Waals surface area contributed by atoms with Crippen LogP contribution in [0.1, 0.15) is 72.6 Å². The summed E-state index contributed by atoms with van der Waals surface area (Å²) in [5.41, 5.74) is 3.41. The van der Waals surface area contributed by atoms with E-state index in [0.717, 1.165) is 17.7 Å². The molecule has 0 aromatic carbocycles. The van der Waals surface area contributed by atoms with Gasteiger partial charge < -0.3 is 0 Å². The molecule has 0 radical (unpaired) electrons. The predicted octanol–water partition coefficient (Wildman–Crippen LogP) is 4.81. The van der Waals surface area contributed by atoms with Crippen LogP contribution in [0.25, 0.3) is 0 Å². The van der Waals surface area contributed by atoms with Crippen molar-refractivity contribution in [1.29, 1.82) is 0 Å². The Balaban J connectivity index is 2.46. The molecule has 18 heavy (non-hydrogen) atoms. The average molecular weight is 264 g/mol. The van der Waals surface area contributed by atoms with Crippen LogP contribution in [0, 0.1) is 5.41 Å². The molecule has 0 bridgehead atoms. The number of hydrogen-bond acceptors (Lipinski definition) is 2. The lowest BCUT2D eigenvalue weighted by Crippen LogP contribution is -2.28. The first-order valence-corrected chi connectivity index (χ1v) is 8.03. The zero-order valence-corrected chi connectivity index (χ0v) is 12.9. The molecule has 1 aromatic heterocycles. The van der Waals surface area contributed by atoms with Crippen LogP contribution >= 0.6 is 11.3 Å². The molecule has 2 heteroatoms. The summed E-state index contributed by atoms with van der Waals surface area (Å²) in [5.74, 6) is 0.261. The monoisotopic (exact) mass is 264 g/mol. The maximum Gasteiger partial charge on any atom is 0.170 e. The van der Waals surface area contributed by atoms with Crippen molar-refractivity contribution in [3.05, 3.63) is 20.9 Å². The van der Waals surface area contributed by atoms with E-state index in [-0.39, 0.29) is 5.78 Å². The van der Waals surface area contributed by atoms with Gasteiger partial charge in [-0.2, -0.15) is 0 Å². The highest BCUT2D eigenvalue weighted by molar-refractivity contribution is 7.14. The quantitative estimate of drug-likeness (QED) is 0.713. The minimum Gasteiger partial charge on any atom is -0.294 e. The van der Waals surface area contributed by atoms with Gasteiger partial charge in [-0.1, -0.05) is 33.6 Å². The van der Waals surface area contributed by atoms with Crippen LogP contribution in [0.5, 0.6) is 0 Å². The maximum absolute atomic E-state index is 11.8. The molecule has 1 nitrogen and oxygen atoms in total. The van der Waals surface area contributed by atoms with Crippen molar-refractivity contribution in [2.75, 3.05) is 0 Å². The van der Waals surface area contributed by atoms with Crippen molar-refractivity contribution >= 4 is 17.1 Å². The Morgan fingerprint density at radius 1 is 1.22 bits per heavy atom. The van der Waals surface area contributed by atoms with Crippen molar-refractivity contribution < 1.29 is 4.79 Å². The summed E-state index contributed by atoms with van der Waals surface area (Å²) >= 11 is 1.76. The maximum atomic E-state index is 11.8. The average Bonchev–Trinajstić information content (AvgIpc) is 2.76. The second kappa shape index (κ2) is 5.16. The van der Waals surface area contributed by atoms with Gasteiger partial charge in [0.1, 0.15) is 0 Å². The molecule has 1 aliphatic rings. The van der Waals surface area contributed by atoms with Gasteiger partial charge in [0.2, 0.25) is 0 Å². The zero-order valence-electron chi connectivity index (χ0n) is 12.1. The van der Waals surface area contributed by atoms with Crippen molar-refractivity contribution in [3.63, 3.8) is 0 Å². The molecular weight excluding hydrogens is 240 g/mol. The lowest BCUT2D eigenvalue weighted by atomic mass is 9.68. The van der Waals surface area contributed by atoms with E-state index in [9.17, 15) is 4.79 Å². The van der Waals surface area contributed by atoms with Gasteiger partial charge in [-0.25, -0.2) is 0 Å². The van der Waals surface area contributed by atoms with Crippen LogP contribution in [0.2, 0.25) is 0 Å². The Labute approximate surface area is 115 Å². The molecule has 0 saturated heterocycles. The van der Waals surface area contributed by atoms with Crippen LogP contribution < -0.4 is 0 Å². The first kappa shape index (κ1) is 13.8. The standard InChI is InChI=1S/C16H24OS/c1-5-14-13-10-16(6-2,7-3)9-8-12(13)15(18-14)11(4)17/h5-10H2,1-4H3. The Hall–Kier alpha value is -0.630. The minimum atomic E-state index is 0.261. The normalized spacial score (nSPS) is 17.6. The van der Waals surface area contributed by atoms with Gasteiger partial charge >= 0.3 is 0 Å². The summed E-state index contributed by atoms with van der Waals surface area (Å²) in [6.45, 7) is 8.56. The molecule has 0 atom stereocenters. The second-order valence-electron chi connectivity index (χ2n) is 5.61. The third-order valence-electron chi connectivity index (χ3n) is 4.80. The van der Waals surface area contributed by atoms with Crippen molar-refractivity contribution in [1.82, 2.24) is 0 Å². The third-order valence-corrected chi connectivity index (χ3v) is 6.32. The highest BCUT2D eigenvalue weighted by Gasteiger charge is 2.35. The number of carbonyl (C=O) groups is 1. The van der Waals surface area contributed by atoms with Crippen LogP contribution in [0.4, 0.5) is 0 Å². The zero-order chi connectivity index (χ0) is 13.3. The topological polar surface area (TPSA) is 17.1 Å². The fourth-order valence-corrected chi connectivity index (χ4v) is 4.50. The van der Waals surface area contributed by atoms with Gasteiger partial charge in [-0.3, -0.25) is 4.79 Å². The number of aryl methyl sites for hydroxylation is 1. The summed E-state index contributed by atoms with van der Waals surface area (Å²) in [6.07, 6.45) is 7.16. The molecule has 1 aromatic rings. The summed E-state index contributed by atoms with van der Waals surface area (Å²) in [6, 6.07) is 0. The van der Waals surface area contributed by atoms with Crippen LogP contribution in [0.15, 0.2) is 0 Å². The molecule has 1 aliphatic carbocycles. The van der Waals surface area contributed by atoms with E-state index in [4.69, 9.17) is 0 Å². The van der Waals surface area contributed by atoms with Gasteiger partial charge in [0.05, 0.1) is 4.88 Å². The first-order valence-electron chi connectivity index (χ1n) is 7.21. The highest BCUT2D eigenvalue weighted by Crippen LogP contribution is 2.45. The number of rotatable bonds is 4. The molecule has 0 amide bonds. The fraction of sp³-hybridized carbons (Fsp3) is 0.688. The number of fused-ring (bicyclic) bond motifs is 1. The van der Waals surface area contributed by atoms with E-state index in [1.807, 2.05) is 0 Å². The van der Waals surface area contributed by atoms with Gasteiger partial charge in [0, 0.05) is 4.88 Å². The third kappa shape index (κ3) is 2.16. The number of thiophene rings is 1. The molecule has 0 N–H and O–H groups in total. The molecule has 0 saturated carbocycles. The molecule has 0 aliphatic heterocycles. The van der Waals surface area contributed by atoms with Gasteiger partial charge in [0.15, 0.2) is 5.78 Å². The molecule has 1 heterocycles. The minimum absolute atomic E-state index is 0.261. The number of hydrogen-bond donors (Lipinski definition) is 0. The number of carbonyl (C=O) groups excluding carboxylic acids is 1. The molecule has 2 rings (SSSR count). The Kier molecular flexibility index (Phi) is 3.96. The Morgan fingerprint density at radius 3 is 2.39 bits per heavy atom. The van der Waals surface area contributed by atoms with Crippen molar-refractivity contribution in [3.8, 4) is 0 Å². The molecule has 100 valence electrons. The van der Waals surface area contributed by atoms with E-state index < -0.39 is 0 Å². The van der Waals surface area contributed by atoms with Crippen LogP contribution in [-0.4, -0.2) is 5.78 Å². The fourth-order valence-electron chi connectivity index (χ4n) is 3.30. The van der Waals surface area contributed by atoms with Gasteiger partial charge in [-0.15, -0.1) is 11.3 Å². The summed E-state index contributed by atoms with van der Waals surface area (Å²) in [7, 11) is 0.